The van der Waals surface area contributed by atoms with Crippen molar-refractivity contribution in [1.29, 1.82) is 0 Å². The number of ether oxygens (including phenoxy) is 1. The first-order chi connectivity index (χ1) is 26.1. The second-order valence-corrected chi connectivity index (χ2v) is 15.6. The number of nitrogens with zero attached hydrogens (tertiary/aromatic N) is 2. The molecular formula is C42H55N5O6S. The van der Waals surface area contributed by atoms with Crippen LogP contribution in [0.15, 0.2) is 72.0 Å². The lowest BCUT2D eigenvalue weighted by Gasteiger charge is -2.28. The summed E-state index contributed by atoms with van der Waals surface area (Å²) in [6, 6.07) is 16.2. The van der Waals surface area contributed by atoms with Gasteiger partial charge in [0.05, 0.1) is 12.6 Å². The third kappa shape index (κ3) is 10.3. The number of methoxy groups -OCH3 is 1. The van der Waals surface area contributed by atoms with E-state index < -0.39 is 11.6 Å². The Morgan fingerprint density at radius 2 is 1.65 bits per heavy atom. The minimum absolute atomic E-state index is 0.00950. The van der Waals surface area contributed by atoms with Crippen molar-refractivity contribution in [3.63, 3.8) is 0 Å². The summed E-state index contributed by atoms with van der Waals surface area (Å²) in [5.41, 5.74) is 1.64. The summed E-state index contributed by atoms with van der Waals surface area (Å²) in [5, 5.41) is 4.09. The van der Waals surface area contributed by atoms with Gasteiger partial charge in [-0.2, -0.15) is 0 Å². The van der Waals surface area contributed by atoms with Gasteiger partial charge in [0.1, 0.15) is 17.3 Å². The van der Waals surface area contributed by atoms with Crippen LogP contribution >= 0.6 is 11.9 Å². The highest BCUT2D eigenvalue weighted by molar-refractivity contribution is 7.98. The fraction of sp³-hybridized carbons (Fsp3) is 0.500. The van der Waals surface area contributed by atoms with Gasteiger partial charge in [0.2, 0.25) is 17.7 Å². The van der Waals surface area contributed by atoms with Gasteiger partial charge in [0.25, 0.3) is 5.91 Å². The number of rotatable bonds is 11. The normalized spacial score (nSPS) is 21.5. The maximum Gasteiger partial charge on any atom is 0.256 e. The van der Waals surface area contributed by atoms with Crippen LogP contribution in [0.3, 0.4) is 0 Å². The van der Waals surface area contributed by atoms with Gasteiger partial charge in [-0.05, 0) is 81.0 Å². The van der Waals surface area contributed by atoms with Crippen LogP contribution in [0.25, 0.3) is 22.2 Å². The van der Waals surface area contributed by atoms with Gasteiger partial charge in [-0.25, -0.2) is 0 Å². The van der Waals surface area contributed by atoms with Crippen molar-refractivity contribution in [2.75, 3.05) is 26.7 Å². The second-order valence-electron chi connectivity index (χ2n) is 14.5. The zero-order valence-electron chi connectivity index (χ0n) is 31.9. The molecule has 7 rings (SSSR count). The summed E-state index contributed by atoms with van der Waals surface area (Å²) in [6.07, 6.45) is 10.5. The van der Waals surface area contributed by atoms with Crippen LogP contribution in [0.1, 0.15) is 84.5 Å². The molecule has 4 aliphatic rings. The van der Waals surface area contributed by atoms with E-state index in [0.717, 1.165) is 74.1 Å². The van der Waals surface area contributed by atoms with Gasteiger partial charge in [-0.15, -0.1) is 6.58 Å². The molecule has 0 radical (unpaired) electrons. The number of aromatic amines is 1. The second kappa shape index (κ2) is 19.1. The highest BCUT2D eigenvalue weighted by Gasteiger charge is 2.60. The predicted molar refractivity (Wildman–Crippen MR) is 215 cm³/mol. The van der Waals surface area contributed by atoms with Gasteiger partial charge < -0.3 is 24.8 Å². The van der Waals surface area contributed by atoms with E-state index in [1.54, 1.807) is 36.3 Å². The summed E-state index contributed by atoms with van der Waals surface area (Å²) < 4.78 is 8.08. The molecule has 0 bridgehead atoms. The van der Waals surface area contributed by atoms with Crippen LogP contribution in [0.4, 0.5) is 0 Å². The van der Waals surface area contributed by atoms with Crippen LogP contribution in [-0.2, 0) is 19.2 Å². The van der Waals surface area contributed by atoms with Crippen LogP contribution in [0.2, 0.25) is 0 Å². The predicted octanol–water partition coefficient (Wildman–Crippen LogP) is 6.38. The van der Waals surface area contributed by atoms with Crippen molar-refractivity contribution in [1.82, 2.24) is 24.8 Å². The Morgan fingerprint density at radius 1 is 0.944 bits per heavy atom. The standard InChI is InChI=1S/C23H34N4O4S.C16H13NO2.C3H8/c1-2-16-15-23(16,22(31)25-32-17-8-9-17)24-21(30)18-7-6-14-27(18)20(29)11-10-19(28)26-12-4-3-5-13-26;1-19-12-7-8-13-15(9-12)17-14(10-16(13)18)11-5-3-2-4-6-11;1-3-2/h2,16-18H,1,3-15H2,(H,24,30)(H,25,31);2-10H,1H3,(H,17,18);3H2,1-2H3/t16?,18-,23+;;/m0../s1. The Morgan fingerprint density at radius 3 is 2.30 bits per heavy atom. The number of aromatic nitrogens is 1. The SMILES string of the molecule is C=CC1C[C@]1(NC(=O)[C@@H]1CCCN1C(=O)CCC(=O)N1CCCCC1)C(=O)NSC1CC1.CCC.COc1ccc2c(=O)cc(-c3ccccc3)[nH]c2c1. The zero-order valence-corrected chi connectivity index (χ0v) is 32.7. The van der Waals surface area contributed by atoms with E-state index >= 15 is 0 Å². The van der Waals surface area contributed by atoms with Crippen LogP contribution in [0.5, 0.6) is 5.75 Å². The molecular weight excluding hydrogens is 703 g/mol. The Balaban J connectivity index is 0.000000216. The number of carbonyl (C=O) groups excluding carboxylic acids is 4. The number of amides is 4. The van der Waals surface area contributed by atoms with Crippen molar-refractivity contribution in [3.05, 3.63) is 77.5 Å². The maximum atomic E-state index is 13.1. The molecule has 2 aromatic carbocycles. The lowest BCUT2D eigenvalue weighted by Crippen LogP contribution is -2.55. The molecule has 3 N–H and O–H groups in total. The first kappa shape index (κ1) is 40.6. The number of pyridine rings is 1. The van der Waals surface area contributed by atoms with Gasteiger partial charge in [-0.1, -0.05) is 56.7 Å². The molecule has 11 nitrogen and oxygen atoms in total. The maximum absolute atomic E-state index is 13.1. The Bertz CT molecular complexity index is 1840. The molecule has 2 aliphatic carbocycles. The average Bonchev–Trinajstić information content (AvgIpc) is 4.11. The molecule has 3 aromatic rings. The van der Waals surface area contributed by atoms with Crippen molar-refractivity contribution >= 4 is 46.5 Å². The molecule has 3 heterocycles. The average molecular weight is 758 g/mol. The van der Waals surface area contributed by atoms with E-state index in [2.05, 4.69) is 35.4 Å². The molecule has 1 unspecified atom stereocenters. The van der Waals surface area contributed by atoms with Crippen LogP contribution in [-0.4, -0.2) is 82.0 Å². The third-order valence-electron chi connectivity index (χ3n) is 10.2. The third-order valence-corrected chi connectivity index (χ3v) is 11.3. The van der Waals surface area contributed by atoms with E-state index in [-0.39, 0.29) is 47.8 Å². The minimum atomic E-state index is -0.956. The summed E-state index contributed by atoms with van der Waals surface area (Å²) in [4.78, 5) is 70.0. The largest absolute Gasteiger partial charge is 0.497 e. The molecule has 2 aliphatic heterocycles. The molecule has 4 amide bonds. The van der Waals surface area contributed by atoms with Crippen LogP contribution < -0.4 is 20.2 Å². The summed E-state index contributed by atoms with van der Waals surface area (Å²) in [6.45, 7) is 10.1. The molecule has 0 spiro atoms. The van der Waals surface area contributed by atoms with Gasteiger partial charge in [0, 0.05) is 66.9 Å². The fourth-order valence-corrected chi connectivity index (χ4v) is 7.71. The lowest BCUT2D eigenvalue weighted by atomic mass is 10.1. The number of piperidine rings is 1. The van der Waals surface area contributed by atoms with Gasteiger partial charge >= 0.3 is 0 Å². The molecule has 2 saturated heterocycles. The molecule has 54 heavy (non-hydrogen) atoms. The van der Waals surface area contributed by atoms with Gasteiger partial charge in [-0.3, -0.25) is 28.7 Å². The van der Waals surface area contributed by atoms with E-state index in [1.165, 1.54) is 18.4 Å². The van der Waals surface area contributed by atoms with E-state index in [9.17, 15) is 24.0 Å². The van der Waals surface area contributed by atoms with Crippen molar-refractivity contribution in [3.8, 4) is 17.0 Å². The molecule has 12 heteroatoms. The number of benzene rings is 2. The van der Waals surface area contributed by atoms with Crippen molar-refractivity contribution in [2.24, 2.45) is 5.92 Å². The number of hydrogen-bond acceptors (Lipinski definition) is 7. The van der Waals surface area contributed by atoms with E-state index in [0.29, 0.717) is 30.0 Å². The van der Waals surface area contributed by atoms with Gasteiger partial charge in [0.15, 0.2) is 5.43 Å². The van der Waals surface area contributed by atoms with E-state index in [4.69, 9.17) is 4.74 Å². The number of carbonyl (C=O) groups is 4. The number of H-pyrrole nitrogens is 1. The van der Waals surface area contributed by atoms with Crippen molar-refractivity contribution < 1.29 is 23.9 Å². The Hall–Kier alpha value is -4.58. The highest BCUT2D eigenvalue weighted by Crippen LogP contribution is 2.46. The zero-order chi connectivity index (χ0) is 38.7. The van der Waals surface area contributed by atoms with E-state index in [1.807, 2.05) is 41.3 Å². The highest BCUT2D eigenvalue weighted by atomic mass is 32.2. The summed E-state index contributed by atoms with van der Waals surface area (Å²) in [7, 11) is 1.61. The van der Waals surface area contributed by atoms with Crippen LogP contribution in [0, 0.1) is 5.92 Å². The smallest absolute Gasteiger partial charge is 0.256 e. The monoisotopic (exact) mass is 757 g/mol. The number of hydrogen-bond donors (Lipinski definition) is 3. The molecule has 290 valence electrons. The number of fused-ring (bicyclic) bond motifs is 1. The topological polar surface area (TPSA) is 141 Å². The molecule has 1 aromatic heterocycles. The summed E-state index contributed by atoms with van der Waals surface area (Å²) >= 11 is 1.43. The lowest BCUT2D eigenvalue weighted by molar-refractivity contribution is -0.141. The first-order valence-electron chi connectivity index (χ1n) is 19.4. The fourth-order valence-electron chi connectivity index (χ4n) is 6.88. The van der Waals surface area contributed by atoms with Crippen molar-refractivity contribution in [2.45, 2.75) is 101 Å². The molecule has 4 fully saturated rings. The molecule has 3 atom stereocenters. The molecule has 2 saturated carbocycles. The summed E-state index contributed by atoms with van der Waals surface area (Å²) in [5.74, 6) is 0.0258. The Kier molecular flexibility index (Phi) is 14.4. The number of likely N-dealkylation sites (tertiary alicyclic amines) is 2. The number of nitrogens with one attached hydrogen (secondary N) is 3. The first-order valence-corrected chi connectivity index (χ1v) is 20.3. The Labute approximate surface area is 322 Å². The quantitative estimate of drug-likeness (QED) is 0.152. The minimum Gasteiger partial charge on any atom is -0.497 e.